The first-order valence-electron chi connectivity index (χ1n) is 6.23. The summed E-state index contributed by atoms with van der Waals surface area (Å²) in [6.07, 6.45) is 2.85. The number of ether oxygens (including phenoxy) is 1. The molecular formula is C13H15NO3. The van der Waals surface area contributed by atoms with Crippen molar-refractivity contribution < 1.29 is 14.3 Å². The maximum Gasteiger partial charge on any atom is 0.233 e. The van der Waals surface area contributed by atoms with Gasteiger partial charge in [0, 0.05) is 18.4 Å². The SMILES string of the molecule is C=CCN1C(=O)C2C3CC(C2C1=O)C1(C)OC31. The molecule has 4 aliphatic rings. The highest BCUT2D eigenvalue weighted by molar-refractivity contribution is 6.06. The summed E-state index contributed by atoms with van der Waals surface area (Å²) in [6.45, 7) is 6.05. The second-order valence-electron chi connectivity index (χ2n) is 5.86. The summed E-state index contributed by atoms with van der Waals surface area (Å²) in [7, 11) is 0. The van der Waals surface area contributed by atoms with Crippen molar-refractivity contribution in [2.75, 3.05) is 6.54 Å². The van der Waals surface area contributed by atoms with Crippen molar-refractivity contribution in [1.29, 1.82) is 0 Å². The third kappa shape index (κ3) is 0.876. The maximum atomic E-state index is 12.3. The number of imide groups is 1. The number of hydrogen-bond acceptors (Lipinski definition) is 3. The van der Waals surface area contributed by atoms with E-state index in [2.05, 4.69) is 13.5 Å². The molecule has 0 aromatic carbocycles. The van der Waals surface area contributed by atoms with Gasteiger partial charge in [-0.1, -0.05) is 6.08 Å². The molecule has 2 saturated carbocycles. The van der Waals surface area contributed by atoms with Gasteiger partial charge >= 0.3 is 0 Å². The van der Waals surface area contributed by atoms with E-state index in [1.165, 1.54) is 4.90 Å². The molecule has 4 rings (SSSR count). The summed E-state index contributed by atoms with van der Waals surface area (Å²) in [5.41, 5.74) is -0.105. The Morgan fingerprint density at radius 2 is 2.18 bits per heavy atom. The van der Waals surface area contributed by atoms with E-state index in [0.29, 0.717) is 6.54 Å². The molecule has 2 amide bonds. The third-order valence-corrected chi connectivity index (χ3v) is 5.24. The van der Waals surface area contributed by atoms with E-state index < -0.39 is 0 Å². The van der Waals surface area contributed by atoms with Gasteiger partial charge in [-0.15, -0.1) is 6.58 Å². The highest BCUT2D eigenvalue weighted by Crippen LogP contribution is 2.69. The summed E-state index contributed by atoms with van der Waals surface area (Å²) < 4.78 is 5.71. The number of carbonyl (C=O) groups is 2. The molecular weight excluding hydrogens is 218 g/mol. The normalized spacial score (nSPS) is 53.9. The minimum absolute atomic E-state index is 0.00238. The minimum Gasteiger partial charge on any atom is -0.366 e. The lowest BCUT2D eigenvalue weighted by atomic mass is 9.76. The molecule has 2 bridgehead atoms. The molecule has 17 heavy (non-hydrogen) atoms. The predicted molar refractivity (Wildman–Crippen MR) is 58.8 cm³/mol. The molecule has 4 fully saturated rings. The summed E-state index contributed by atoms with van der Waals surface area (Å²) in [5, 5.41) is 0. The number of amides is 2. The first-order chi connectivity index (χ1) is 8.09. The molecule has 2 aliphatic heterocycles. The lowest BCUT2D eigenvalue weighted by Crippen LogP contribution is -2.35. The van der Waals surface area contributed by atoms with Crippen LogP contribution in [-0.2, 0) is 14.3 Å². The van der Waals surface area contributed by atoms with Crippen LogP contribution < -0.4 is 0 Å². The Kier molecular flexibility index (Phi) is 1.52. The standard InChI is InChI=1S/C13H15NO3/c1-3-4-14-11(15)8-6-5-7(9(8)12(14)16)13(2)10(6)17-13/h3,6-10H,1,4-5H2,2H3. The van der Waals surface area contributed by atoms with Crippen LogP contribution in [0, 0.1) is 23.7 Å². The largest absolute Gasteiger partial charge is 0.366 e. The van der Waals surface area contributed by atoms with Gasteiger partial charge in [0.2, 0.25) is 11.8 Å². The average molecular weight is 233 g/mol. The molecule has 90 valence electrons. The van der Waals surface area contributed by atoms with Crippen LogP contribution in [0.15, 0.2) is 12.7 Å². The van der Waals surface area contributed by atoms with Gasteiger partial charge in [-0.05, 0) is 13.3 Å². The van der Waals surface area contributed by atoms with Gasteiger partial charge < -0.3 is 4.74 Å². The Hall–Kier alpha value is -1.16. The van der Waals surface area contributed by atoms with E-state index in [-0.39, 0.29) is 47.2 Å². The number of nitrogens with zero attached hydrogens (tertiary/aromatic N) is 1. The topological polar surface area (TPSA) is 49.9 Å². The van der Waals surface area contributed by atoms with Crippen molar-refractivity contribution in [2.45, 2.75) is 25.0 Å². The van der Waals surface area contributed by atoms with Crippen molar-refractivity contribution in [3.05, 3.63) is 12.7 Å². The van der Waals surface area contributed by atoms with E-state index in [0.717, 1.165) is 6.42 Å². The van der Waals surface area contributed by atoms with Crippen LogP contribution in [0.1, 0.15) is 13.3 Å². The lowest BCUT2D eigenvalue weighted by molar-refractivity contribution is -0.140. The van der Waals surface area contributed by atoms with Crippen LogP contribution in [0.25, 0.3) is 0 Å². The molecule has 4 heteroatoms. The number of fused-ring (bicyclic) bond motifs is 8. The summed E-state index contributed by atoms with van der Waals surface area (Å²) >= 11 is 0. The zero-order valence-electron chi connectivity index (χ0n) is 9.76. The molecule has 2 heterocycles. The molecule has 0 aromatic rings. The Morgan fingerprint density at radius 3 is 2.88 bits per heavy atom. The van der Waals surface area contributed by atoms with Crippen molar-refractivity contribution in [3.63, 3.8) is 0 Å². The van der Waals surface area contributed by atoms with E-state index in [1.807, 2.05) is 0 Å². The summed E-state index contributed by atoms with van der Waals surface area (Å²) in [6, 6.07) is 0. The molecule has 0 spiro atoms. The summed E-state index contributed by atoms with van der Waals surface area (Å²) in [5.74, 6) is 0.326. The minimum atomic E-state index is -0.115. The Bertz CT molecular complexity index is 460. The second-order valence-corrected chi connectivity index (χ2v) is 5.86. The zero-order valence-corrected chi connectivity index (χ0v) is 9.76. The van der Waals surface area contributed by atoms with Gasteiger partial charge in [0.05, 0.1) is 23.5 Å². The fourth-order valence-corrected chi connectivity index (χ4v) is 4.50. The predicted octanol–water partition coefficient (Wildman–Crippen LogP) is 0.581. The van der Waals surface area contributed by atoms with Gasteiger partial charge in [-0.3, -0.25) is 14.5 Å². The van der Waals surface area contributed by atoms with Crippen molar-refractivity contribution in [3.8, 4) is 0 Å². The summed E-state index contributed by atoms with van der Waals surface area (Å²) in [4.78, 5) is 25.9. The van der Waals surface area contributed by atoms with Crippen molar-refractivity contribution >= 4 is 11.8 Å². The number of rotatable bonds is 2. The molecule has 2 aliphatic carbocycles. The number of likely N-dealkylation sites (tertiary alicyclic amines) is 1. The fraction of sp³-hybridized carbons (Fsp3) is 0.692. The van der Waals surface area contributed by atoms with Crippen molar-refractivity contribution in [2.24, 2.45) is 23.7 Å². The molecule has 2 saturated heterocycles. The second kappa shape index (κ2) is 2.64. The van der Waals surface area contributed by atoms with E-state index in [1.54, 1.807) is 6.08 Å². The molecule has 6 unspecified atom stereocenters. The molecule has 4 nitrogen and oxygen atoms in total. The first kappa shape index (κ1) is 9.83. The van der Waals surface area contributed by atoms with Crippen molar-refractivity contribution in [1.82, 2.24) is 4.90 Å². The van der Waals surface area contributed by atoms with Crippen LogP contribution in [-0.4, -0.2) is 35.0 Å². The van der Waals surface area contributed by atoms with E-state index in [9.17, 15) is 9.59 Å². The number of epoxide rings is 1. The lowest BCUT2D eigenvalue weighted by Gasteiger charge is -2.21. The third-order valence-electron chi connectivity index (χ3n) is 5.24. The Balaban J connectivity index is 1.73. The maximum absolute atomic E-state index is 12.3. The quantitative estimate of drug-likeness (QED) is 0.398. The van der Waals surface area contributed by atoms with Crippen LogP contribution in [0.2, 0.25) is 0 Å². The monoisotopic (exact) mass is 233 g/mol. The molecule has 0 N–H and O–H groups in total. The van der Waals surface area contributed by atoms with Gasteiger partial charge in [-0.2, -0.15) is 0 Å². The molecule has 6 atom stereocenters. The van der Waals surface area contributed by atoms with E-state index in [4.69, 9.17) is 4.74 Å². The van der Waals surface area contributed by atoms with Crippen LogP contribution >= 0.6 is 0 Å². The van der Waals surface area contributed by atoms with Crippen LogP contribution in [0.5, 0.6) is 0 Å². The van der Waals surface area contributed by atoms with Gasteiger partial charge in [0.15, 0.2) is 0 Å². The zero-order chi connectivity index (χ0) is 11.9. The highest BCUT2D eigenvalue weighted by atomic mass is 16.6. The first-order valence-corrected chi connectivity index (χ1v) is 6.23. The molecule has 0 aromatic heterocycles. The smallest absolute Gasteiger partial charge is 0.233 e. The van der Waals surface area contributed by atoms with Crippen LogP contribution in [0.4, 0.5) is 0 Å². The van der Waals surface area contributed by atoms with Gasteiger partial charge in [-0.25, -0.2) is 0 Å². The Labute approximate surface area is 99.6 Å². The average Bonchev–Trinajstić information content (AvgIpc) is 2.64. The fourth-order valence-electron chi connectivity index (χ4n) is 4.50. The highest BCUT2D eigenvalue weighted by Gasteiger charge is 2.79. The number of carbonyl (C=O) groups excluding carboxylic acids is 2. The molecule has 0 radical (unpaired) electrons. The number of hydrogen-bond donors (Lipinski definition) is 0. The van der Waals surface area contributed by atoms with Gasteiger partial charge in [0.25, 0.3) is 0 Å². The van der Waals surface area contributed by atoms with Gasteiger partial charge in [0.1, 0.15) is 0 Å². The van der Waals surface area contributed by atoms with E-state index >= 15 is 0 Å². The van der Waals surface area contributed by atoms with Crippen LogP contribution in [0.3, 0.4) is 0 Å². The Morgan fingerprint density at radius 1 is 1.47 bits per heavy atom.